The molecule has 0 fully saturated rings. The normalized spacial score (nSPS) is 12.5. The van der Waals surface area contributed by atoms with E-state index < -0.39 is 11.9 Å². The second-order valence-corrected chi connectivity index (χ2v) is 5.09. The number of rotatable bonds is 5. The van der Waals surface area contributed by atoms with E-state index in [1.54, 1.807) is 0 Å². The number of thiophene rings is 1. The van der Waals surface area contributed by atoms with Crippen LogP contribution in [0, 0.1) is 0 Å². The molecule has 2 aromatic heterocycles. The second kappa shape index (κ2) is 5.30. The van der Waals surface area contributed by atoms with Crippen LogP contribution in [-0.4, -0.2) is 27.9 Å². The van der Waals surface area contributed by atoms with Gasteiger partial charge >= 0.3 is 0 Å². The van der Waals surface area contributed by atoms with Crippen molar-refractivity contribution in [3.05, 3.63) is 17.5 Å². The van der Waals surface area contributed by atoms with Gasteiger partial charge in [0.05, 0.1) is 10.9 Å². The lowest BCUT2D eigenvalue weighted by Crippen LogP contribution is -2.38. The molecule has 0 bridgehead atoms. The highest BCUT2D eigenvalue weighted by Gasteiger charge is 2.14. The first-order valence-electron chi connectivity index (χ1n) is 4.72. The monoisotopic (exact) mass is 270 g/mol. The molecule has 2 aromatic rings. The molecule has 2 heterocycles. The van der Waals surface area contributed by atoms with E-state index in [-0.39, 0.29) is 0 Å². The van der Waals surface area contributed by atoms with Crippen molar-refractivity contribution in [2.24, 2.45) is 11.5 Å². The molecule has 8 heteroatoms. The third kappa shape index (κ3) is 3.05. The van der Waals surface area contributed by atoms with Crippen LogP contribution in [0.25, 0.3) is 10.8 Å². The van der Waals surface area contributed by atoms with Gasteiger partial charge in [-0.25, -0.2) is 0 Å². The van der Waals surface area contributed by atoms with Crippen molar-refractivity contribution in [2.75, 3.05) is 5.75 Å². The van der Waals surface area contributed by atoms with Gasteiger partial charge in [0.15, 0.2) is 0 Å². The van der Waals surface area contributed by atoms with E-state index in [1.807, 2.05) is 17.5 Å². The molecule has 2 rings (SSSR count). The molecule has 0 aliphatic heterocycles. The van der Waals surface area contributed by atoms with E-state index in [2.05, 4.69) is 10.2 Å². The summed E-state index contributed by atoms with van der Waals surface area (Å²) in [5, 5.41) is 10.1. The Labute approximate surface area is 105 Å². The van der Waals surface area contributed by atoms with Crippen molar-refractivity contribution in [3.63, 3.8) is 0 Å². The number of hydrogen-bond acceptors (Lipinski definition) is 7. The van der Waals surface area contributed by atoms with Gasteiger partial charge in [0, 0.05) is 5.75 Å². The van der Waals surface area contributed by atoms with Gasteiger partial charge in [-0.1, -0.05) is 17.8 Å². The van der Waals surface area contributed by atoms with Crippen molar-refractivity contribution in [3.8, 4) is 10.8 Å². The molecule has 0 aromatic carbocycles. The van der Waals surface area contributed by atoms with Crippen LogP contribution < -0.4 is 11.5 Å². The molecule has 0 saturated heterocycles. The summed E-state index contributed by atoms with van der Waals surface area (Å²) in [6.07, 6.45) is 0. The predicted octanol–water partition coefficient (Wildman–Crippen LogP) is 0.703. The van der Waals surface area contributed by atoms with Crippen molar-refractivity contribution in [1.29, 1.82) is 0 Å². The number of amides is 1. The molecule has 0 saturated carbocycles. The molecule has 17 heavy (non-hydrogen) atoms. The molecule has 6 nitrogen and oxygen atoms in total. The molecule has 1 amide bonds. The molecule has 90 valence electrons. The molecular weight excluding hydrogens is 260 g/mol. The third-order valence-corrected chi connectivity index (χ3v) is 3.69. The largest absolute Gasteiger partial charge is 0.410 e. The summed E-state index contributed by atoms with van der Waals surface area (Å²) in [6.45, 7) is 0. The van der Waals surface area contributed by atoms with E-state index in [1.165, 1.54) is 23.1 Å². The number of carbonyl (C=O) groups is 1. The fraction of sp³-hybridized carbons (Fsp3) is 0.222. The summed E-state index contributed by atoms with van der Waals surface area (Å²) < 4.78 is 5.40. The van der Waals surface area contributed by atoms with Gasteiger partial charge in [0.25, 0.3) is 11.1 Å². The number of primary amides is 1. The molecule has 0 spiro atoms. The van der Waals surface area contributed by atoms with Gasteiger partial charge < -0.3 is 15.9 Å². The number of nitrogens with zero attached hydrogens (tertiary/aromatic N) is 2. The Morgan fingerprint density at radius 2 is 2.41 bits per heavy atom. The van der Waals surface area contributed by atoms with Gasteiger partial charge in [0.2, 0.25) is 5.91 Å². The van der Waals surface area contributed by atoms with Crippen LogP contribution in [-0.2, 0) is 4.79 Å². The lowest BCUT2D eigenvalue weighted by Gasteiger charge is -2.02. The van der Waals surface area contributed by atoms with Gasteiger partial charge in [-0.05, 0) is 11.4 Å². The third-order valence-electron chi connectivity index (χ3n) is 1.89. The number of nitrogens with two attached hydrogens (primary N) is 2. The van der Waals surface area contributed by atoms with Crippen molar-refractivity contribution < 1.29 is 9.21 Å². The molecule has 0 radical (unpaired) electrons. The van der Waals surface area contributed by atoms with Gasteiger partial charge in [-0.3, -0.25) is 4.79 Å². The number of aromatic nitrogens is 2. The van der Waals surface area contributed by atoms with Gasteiger partial charge in [-0.15, -0.1) is 21.5 Å². The summed E-state index contributed by atoms with van der Waals surface area (Å²) in [6, 6.07) is 3.08. The maximum Gasteiger partial charge on any atom is 0.276 e. The van der Waals surface area contributed by atoms with E-state index in [9.17, 15) is 4.79 Å². The zero-order chi connectivity index (χ0) is 12.3. The molecule has 4 N–H and O–H groups in total. The number of carbonyl (C=O) groups excluding carboxylic acids is 1. The average molecular weight is 270 g/mol. The standard InChI is InChI=1S/C9H10N4O2S2/c10-5(7(11)14)4-17-9-13-12-8(15-9)6-2-1-3-16-6/h1-3,5H,4,10H2,(H2,11,14). The maximum absolute atomic E-state index is 10.7. The second-order valence-electron chi connectivity index (χ2n) is 3.17. The zero-order valence-corrected chi connectivity index (χ0v) is 10.3. The molecular formula is C9H10N4O2S2. The first-order chi connectivity index (χ1) is 8.16. The topological polar surface area (TPSA) is 108 Å². The fourth-order valence-corrected chi connectivity index (χ4v) is 2.38. The van der Waals surface area contributed by atoms with Gasteiger partial charge in [0.1, 0.15) is 0 Å². The Morgan fingerprint density at radius 1 is 1.59 bits per heavy atom. The van der Waals surface area contributed by atoms with Crippen LogP contribution in [0.5, 0.6) is 0 Å². The van der Waals surface area contributed by atoms with Gasteiger partial charge in [-0.2, -0.15) is 0 Å². The Bertz CT molecular complexity index is 497. The fourth-order valence-electron chi connectivity index (χ4n) is 1.01. The maximum atomic E-state index is 10.7. The minimum Gasteiger partial charge on any atom is -0.410 e. The van der Waals surface area contributed by atoms with Crippen molar-refractivity contribution in [1.82, 2.24) is 10.2 Å². The minimum absolute atomic E-state index is 0.321. The molecule has 1 unspecified atom stereocenters. The Hall–Kier alpha value is -1.38. The first kappa shape index (κ1) is 12.1. The quantitative estimate of drug-likeness (QED) is 0.774. The van der Waals surface area contributed by atoms with E-state index >= 15 is 0 Å². The summed E-state index contributed by atoms with van der Waals surface area (Å²) in [5.41, 5.74) is 10.5. The highest BCUT2D eigenvalue weighted by molar-refractivity contribution is 7.99. The number of hydrogen-bond donors (Lipinski definition) is 2. The lowest BCUT2D eigenvalue weighted by molar-refractivity contribution is -0.118. The van der Waals surface area contributed by atoms with E-state index in [0.717, 1.165) is 4.88 Å². The SMILES string of the molecule is NC(=O)C(N)CSc1nnc(-c2cccs2)o1. The van der Waals surface area contributed by atoms with Crippen molar-refractivity contribution in [2.45, 2.75) is 11.3 Å². The van der Waals surface area contributed by atoms with Crippen LogP contribution in [0.15, 0.2) is 27.2 Å². The summed E-state index contributed by atoms with van der Waals surface area (Å²) in [4.78, 5) is 11.6. The highest BCUT2D eigenvalue weighted by atomic mass is 32.2. The molecule has 0 aliphatic rings. The highest BCUT2D eigenvalue weighted by Crippen LogP contribution is 2.26. The van der Waals surface area contributed by atoms with Crippen molar-refractivity contribution >= 4 is 29.0 Å². The smallest absolute Gasteiger partial charge is 0.276 e. The van der Waals surface area contributed by atoms with Crippen LogP contribution in [0.2, 0.25) is 0 Å². The minimum atomic E-state index is -0.711. The van der Waals surface area contributed by atoms with Crippen LogP contribution >= 0.6 is 23.1 Å². The first-order valence-corrected chi connectivity index (χ1v) is 6.58. The Kier molecular flexibility index (Phi) is 3.77. The summed E-state index contributed by atoms with van der Waals surface area (Å²) in [5.74, 6) is 0.243. The zero-order valence-electron chi connectivity index (χ0n) is 8.70. The van der Waals surface area contributed by atoms with E-state index in [4.69, 9.17) is 15.9 Å². The Balaban J connectivity index is 1.97. The van der Waals surface area contributed by atoms with E-state index in [0.29, 0.717) is 16.9 Å². The van der Waals surface area contributed by atoms with Crippen LogP contribution in [0.3, 0.4) is 0 Å². The number of thioether (sulfide) groups is 1. The average Bonchev–Trinajstić information content (AvgIpc) is 2.95. The summed E-state index contributed by atoms with van der Waals surface area (Å²) >= 11 is 2.73. The van der Waals surface area contributed by atoms with Crippen LogP contribution in [0.1, 0.15) is 0 Å². The lowest BCUT2D eigenvalue weighted by atomic mass is 10.3. The molecule has 0 aliphatic carbocycles. The molecule has 1 atom stereocenters. The predicted molar refractivity (Wildman–Crippen MR) is 65.5 cm³/mol. The van der Waals surface area contributed by atoms with Crippen LogP contribution in [0.4, 0.5) is 0 Å². The Morgan fingerprint density at radius 3 is 3.06 bits per heavy atom. The summed E-state index contributed by atoms with van der Waals surface area (Å²) in [7, 11) is 0.